The van der Waals surface area contributed by atoms with Crippen molar-refractivity contribution in [1.29, 1.82) is 0 Å². The summed E-state index contributed by atoms with van der Waals surface area (Å²) in [6.07, 6.45) is 1.82. The number of carbonyl (C=O) groups is 1. The summed E-state index contributed by atoms with van der Waals surface area (Å²) in [5.41, 5.74) is 0.501. The number of rotatable bonds is 8. The predicted molar refractivity (Wildman–Crippen MR) is 108 cm³/mol. The van der Waals surface area contributed by atoms with Crippen molar-refractivity contribution in [2.75, 3.05) is 11.9 Å². The first-order chi connectivity index (χ1) is 13.0. The van der Waals surface area contributed by atoms with E-state index in [2.05, 4.69) is 27.0 Å². The lowest BCUT2D eigenvalue weighted by molar-refractivity contribution is 0.102. The molecular weight excluding hydrogens is 407 g/mol. The van der Waals surface area contributed by atoms with Crippen molar-refractivity contribution in [2.45, 2.75) is 13.1 Å². The first-order valence-electron chi connectivity index (χ1n) is 8.00. The summed E-state index contributed by atoms with van der Waals surface area (Å²) < 4.78 is 13.7. The maximum atomic E-state index is 12.9. The number of anilines is 1. The van der Waals surface area contributed by atoms with Crippen LogP contribution in [-0.4, -0.2) is 27.5 Å². The Morgan fingerprint density at radius 2 is 1.96 bits per heavy atom. The number of carbonyl (C=O) groups excluding carboxylic acids is 1. The topological polar surface area (TPSA) is 58.1 Å². The maximum Gasteiger partial charge on any atom is 0.286 e. The van der Waals surface area contributed by atoms with Crippen molar-refractivity contribution in [1.82, 2.24) is 15.1 Å². The SMILES string of the molecule is C=CCN(Cc1ccc(Cl)s1)Cc1nnc(C(=O)Nc2ccc(F)cc2)s1. The molecule has 0 aliphatic carbocycles. The number of thiophene rings is 1. The average molecular weight is 423 g/mol. The van der Waals surface area contributed by atoms with Crippen LogP contribution in [0, 0.1) is 5.82 Å². The number of nitrogens with one attached hydrogen (secondary N) is 1. The van der Waals surface area contributed by atoms with Gasteiger partial charge >= 0.3 is 0 Å². The van der Waals surface area contributed by atoms with Crippen LogP contribution < -0.4 is 5.32 Å². The highest BCUT2D eigenvalue weighted by Crippen LogP contribution is 2.24. The second-order valence-corrected chi connectivity index (χ2v) is 8.49. The summed E-state index contributed by atoms with van der Waals surface area (Å²) in [6.45, 7) is 5.71. The lowest BCUT2D eigenvalue weighted by Crippen LogP contribution is -2.22. The molecule has 5 nitrogen and oxygen atoms in total. The van der Waals surface area contributed by atoms with E-state index in [1.54, 1.807) is 0 Å². The zero-order chi connectivity index (χ0) is 19.2. The van der Waals surface area contributed by atoms with Crippen LogP contribution in [0.5, 0.6) is 0 Å². The van der Waals surface area contributed by atoms with Crippen molar-refractivity contribution in [3.63, 3.8) is 0 Å². The molecule has 1 amide bonds. The fraction of sp³-hybridized carbons (Fsp3) is 0.167. The van der Waals surface area contributed by atoms with Gasteiger partial charge in [0.05, 0.1) is 10.9 Å². The van der Waals surface area contributed by atoms with E-state index in [1.165, 1.54) is 46.9 Å². The van der Waals surface area contributed by atoms with Crippen LogP contribution in [0.2, 0.25) is 4.34 Å². The van der Waals surface area contributed by atoms with Gasteiger partial charge < -0.3 is 5.32 Å². The Morgan fingerprint density at radius 3 is 2.63 bits per heavy atom. The number of benzene rings is 1. The Balaban J connectivity index is 1.63. The fourth-order valence-electron chi connectivity index (χ4n) is 2.34. The number of hydrogen-bond acceptors (Lipinski definition) is 6. The molecule has 140 valence electrons. The van der Waals surface area contributed by atoms with Crippen LogP contribution in [0.4, 0.5) is 10.1 Å². The number of amides is 1. The zero-order valence-corrected chi connectivity index (χ0v) is 16.6. The lowest BCUT2D eigenvalue weighted by atomic mass is 10.3. The van der Waals surface area contributed by atoms with E-state index in [-0.39, 0.29) is 16.7 Å². The first kappa shape index (κ1) is 19.6. The van der Waals surface area contributed by atoms with Gasteiger partial charge in [0, 0.05) is 23.7 Å². The van der Waals surface area contributed by atoms with E-state index < -0.39 is 0 Å². The van der Waals surface area contributed by atoms with Crippen LogP contribution in [0.3, 0.4) is 0 Å². The summed E-state index contributed by atoms with van der Waals surface area (Å²) in [4.78, 5) is 15.6. The molecule has 0 radical (unpaired) electrons. The van der Waals surface area contributed by atoms with Gasteiger partial charge in [-0.2, -0.15) is 0 Å². The minimum absolute atomic E-state index is 0.257. The normalized spacial score (nSPS) is 10.9. The third-order valence-electron chi connectivity index (χ3n) is 3.52. The molecule has 9 heteroatoms. The van der Waals surface area contributed by atoms with Gasteiger partial charge in [0.2, 0.25) is 5.01 Å². The van der Waals surface area contributed by atoms with Crippen LogP contribution in [0.15, 0.2) is 49.1 Å². The maximum absolute atomic E-state index is 12.9. The molecule has 0 aliphatic heterocycles. The number of aromatic nitrogens is 2. The lowest BCUT2D eigenvalue weighted by Gasteiger charge is -2.17. The van der Waals surface area contributed by atoms with Gasteiger partial charge in [-0.05, 0) is 36.4 Å². The molecule has 1 aromatic carbocycles. The van der Waals surface area contributed by atoms with Gasteiger partial charge in [-0.25, -0.2) is 4.39 Å². The molecule has 0 unspecified atom stereocenters. The summed E-state index contributed by atoms with van der Waals surface area (Å²) in [7, 11) is 0. The quantitative estimate of drug-likeness (QED) is 0.528. The van der Waals surface area contributed by atoms with Gasteiger partial charge in [-0.15, -0.1) is 28.1 Å². The predicted octanol–water partition coefficient (Wildman–Crippen LogP) is 4.83. The number of nitrogens with zero attached hydrogens (tertiary/aromatic N) is 3. The summed E-state index contributed by atoms with van der Waals surface area (Å²) in [5.74, 6) is -0.730. The second kappa shape index (κ2) is 9.18. The molecule has 0 atom stereocenters. The molecule has 0 bridgehead atoms. The fourth-order valence-corrected chi connectivity index (χ4v) is 4.25. The molecular formula is C18H16ClFN4OS2. The van der Waals surface area contributed by atoms with E-state index in [9.17, 15) is 9.18 Å². The average Bonchev–Trinajstić information content (AvgIpc) is 3.26. The minimum Gasteiger partial charge on any atom is -0.320 e. The van der Waals surface area contributed by atoms with Crippen molar-refractivity contribution in [3.05, 3.63) is 74.1 Å². The summed E-state index contributed by atoms with van der Waals surface area (Å²) >= 11 is 8.75. The molecule has 2 heterocycles. The Bertz CT molecular complexity index is 926. The number of halogens is 2. The summed E-state index contributed by atoms with van der Waals surface area (Å²) in [6, 6.07) is 9.41. The van der Waals surface area contributed by atoms with E-state index >= 15 is 0 Å². The van der Waals surface area contributed by atoms with Crippen molar-refractivity contribution < 1.29 is 9.18 Å². The van der Waals surface area contributed by atoms with Gasteiger partial charge in [-0.3, -0.25) is 9.69 Å². The van der Waals surface area contributed by atoms with Crippen LogP contribution >= 0.6 is 34.3 Å². The van der Waals surface area contributed by atoms with Crippen molar-refractivity contribution >= 4 is 45.9 Å². The monoisotopic (exact) mass is 422 g/mol. The molecule has 0 fully saturated rings. The highest BCUT2D eigenvalue weighted by molar-refractivity contribution is 7.16. The van der Waals surface area contributed by atoms with Crippen LogP contribution in [-0.2, 0) is 13.1 Å². The molecule has 2 aromatic heterocycles. The third-order valence-corrected chi connectivity index (χ3v) is 5.64. The van der Waals surface area contributed by atoms with Crippen molar-refractivity contribution in [3.8, 4) is 0 Å². The Hall–Kier alpha value is -2.13. The molecule has 0 spiro atoms. The van der Waals surface area contributed by atoms with E-state index in [0.29, 0.717) is 25.3 Å². The highest BCUT2D eigenvalue weighted by atomic mass is 35.5. The summed E-state index contributed by atoms with van der Waals surface area (Å²) in [5, 5.41) is 11.7. The van der Waals surface area contributed by atoms with Gasteiger partial charge in [0.25, 0.3) is 5.91 Å². The second-order valence-electron chi connectivity index (χ2n) is 5.63. The third kappa shape index (κ3) is 5.67. The van der Waals surface area contributed by atoms with Crippen LogP contribution in [0.1, 0.15) is 19.7 Å². The van der Waals surface area contributed by atoms with Gasteiger partial charge in [-0.1, -0.05) is 29.0 Å². The molecule has 3 rings (SSSR count). The van der Waals surface area contributed by atoms with Gasteiger partial charge in [0.1, 0.15) is 10.8 Å². The van der Waals surface area contributed by atoms with E-state index in [1.807, 2.05) is 18.2 Å². The van der Waals surface area contributed by atoms with E-state index in [4.69, 9.17) is 11.6 Å². The molecule has 1 N–H and O–H groups in total. The van der Waals surface area contributed by atoms with Crippen LogP contribution in [0.25, 0.3) is 0 Å². The Morgan fingerprint density at radius 1 is 1.19 bits per heavy atom. The molecule has 3 aromatic rings. The van der Waals surface area contributed by atoms with E-state index in [0.717, 1.165) is 14.2 Å². The largest absolute Gasteiger partial charge is 0.320 e. The van der Waals surface area contributed by atoms with Gasteiger partial charge in [0.15, 0.2) is 0 Å². The zero-order valence-electron chi connectivity index (χ0n) is 14.2. The first-order valence-corrected chi connectivity index (χ1v) is 10.0. The molecule has 0 aliphatic rings. The number of hydrogen-bond donors (Lipinski definition) is 1. The molecule has 0 saturated heterocycles. The minimum atomic E-state index is -0.370. The molecule has 0 saturated carbocycles. The highest BCUT2D eigenvalue weighted by Gasteiger charge is 2.16. The Labute approximate surface area is 169 Å². The Kier molecular flexibility index (Phi) is 6.68. The smallest absolute Gasteiger partial charge is 0.286 e. The molecule has 27 heavy (non-hydrogen) atoms. The standard InChI is InChI=1S/C18H16ClFN4OS2/c1-2-9-24(10-14-7-8-15(19)26-14)11-16-22-23-18(27-16)17(25)21-13-5-3-12(20)4-6-13/h2-8H,1,9-11H2,(H,21,25). The van der Waals surface area contributed by atoms with Crippen molar-refractivity contribution in [2.24, 2.45) is 0 Å².